The average molecular weight is 359 g/mol. The summed E-state index contributed by atoms with van der Waals surface area (Å²) in [6.07, 6.45) is 1.21. The van der Waals surface area contributed by atoms with E-state index in [0.29, 0.717) is 19.4 Å². The van der Waals surface area contributed by atoms with Crippen LogP contribution in [0.2, 0.25) is 0 Å². The molecule has 134 valence electrons. The summed E-state index contributed by atoms with van der Waals surface area (Å²) < 4.78 is 5.77. The molecule has 1 N–H and O–H groups in total. The Balaban J connectivity index is 2.19. The normalized spacial score (nSPS) is 39.0. The number of carbonyl (C=O) groups excluding carboxylic acids is 3. The van der Waals surface area contributed by atoms with E-state index in [2.05, 4.69) is 0 Å². The lowest BCUT2D eigenvalue weighted by Crippen LogP contribution is -2.72. The van der Waals surface area contributed by atoms with E-state index in [-0.39, 0.29) is 11.8 Å². The minimum atomic E-state index is -2.02. The molecule has 3 saturated heterocycles. The fourth-order valence-corrected chi connectivity index (χ4v) is 4.55. The smallest absolute Gasteiger partial charge is 0.275 e. The van der Waals surface area contributed by atoms with Gasteiger partial charge < -0.3 is 14.7 Å². The van der Waals surface area contributed by atoms with E-state index in [0.717, 1.165) is 4.90 Å². The zero-order valence-electron chi connectivity index (χ0n) is 14.3. The highest BCUT2D eigenvalue weighted by molar-refractivity contribution is 6.67. The Bertz CT molecular complexity index is 609. The number of nitrogens with zero attached hydrogens (tertiary/aromatic N) is 2. The predicted molar refractivity (Wildman–Crippen MR) is 84.7 cm³/mol. The van der Waals surface area contributed by atoms with Crippen LogP contribution < -0.4 is 0 Å². The van der Waals surface area contributed by atoms with E-state index in [9.17, 15) is 19.5 Å². The molecule has 1 unspecified atom stereocenters. The van der Waals surface area contributed by atoms with Gasteiger partial charge in [0.1, 0.15) is 12.1 Å². The quantitative estimate of drug-likeness (QED) is 0.592. The number of halogens is 1. The van der Waals surface area contributed by atoms with E-state index in [1.165, 1.54) is 0 Å². The second-order valence-electron chi connectivity index (χ2n) is 7.48. The van der Waals surface area contributed by atoms with Crippen molar-refractivity contribution in [1.82, 2.24) is 9.80 Å². The maximum atomic E-state index is 13.2. The minimum absolute atomic E-state index is 0.212. The van der Waals surface area contributed by atoms with Crippen molar-refractivity contribution in [2.75, 3.05) is 6.54 Å². The first-order valence-electron chi connectivity index (χ1n) is 8.35. The molecule has 0 aromatic heterocycles. The molecule has 0 spiro atoms. The number of fused-ring (bicyclic) bond motifs is 3. The van der Waals surface area contributed by atoms with Crippen LogP contribution in [0.25, 0.3) is 0 Å². The summed E-state index contributed by atoms with van der Waals surface area (Å²) >= 11 is 5.74. The maximum absolute atomic E-state index is 13.2. The van der Waals surface area contributed by atoms with Gasteiger partial charge in [-0.25, -0.2) is 0 Å². The molecule has 8 heteroatoms. The van der Waals surface area contributed by atoms with Crippen molar-refractivity contribution in [3.63, 3.8) is 0 Å². The van der Waals surface area contributed by atoms with Crippen LogP contribution in [-0.2, 0) is 19.1 Å². The van der Waals surface area contributed by atoms with Crippen LogP contribution in [0.5, 0.6) is 0 Å². The van der Waals surface area contributed by atoms with Gasteiger partial charge in [-0.2, -0.15) is 0 Å². The van der Waals surface area contributed by atoms with Crippen LogP contribution in [0.4, 0.5) is 0 Å². The monoisotopic (exact) mass is 358 g/mol. The standard InChI is InChI=1S/C16H23ClN2O5/c1-8(2)11-12(20)18-7-5-6-10(18)16(23)19(11)14(22)15(24-16,9(3)4)13(17)21/h8-11,23H,5-7H2,1-4H3/t10?,11-,15+,16-/m0/s1. The summed E-state index contributed by atoms with van der Waals surface area (Å²) in [7, 11) is 0. The van der Waals surface area contributed by atoms with Gasteiger partial charge in [-0.1, -0.05) is 27.7 Å². The lowest BCUT2D eigenvalue weighted by Gasteiger charge is -2.50. The number of carbonyl (C=O) groups is 3. The van der Waals surface area contributed by atoms with E-state index >= 15 is 0 Å². The van der Waals surface area contributed by atoms with Crippen molar-refractivity contribution in [2.45, 2.75) is 64.1 Å². The van der Waals surface area contributed by atoms with Gasteiger partial charge in [-0.05, 0) is 30.4 Å². The van der Waals surface area contributed by atoms with Crippen molar-refractivity contribution in [3.05, 3.63) is 0 Å². The second kappa shape index (κ2) is 5.41. The molecule has 0 saturated carbocycles. The Morgan fingerprint density at radius 1 is 1.33 bits per heavy atom. The highest BCUT2D eigenvalue weighted by Crippen LogP contribution is 2.49. The predicted octanol–water partition coefficient (Wildman–Crippen LogP) is 0.681. The first kappa shape index (κ1) is 17.6. The Labute approximate surface area is 145 Å². The molecule has 0 bridgehead atoms. The maximum Gasteiger partial charge on any atom is 0.275 e. The van der Waals surface area contributed by atoms with E-state index in [1.54, 1.807) is 32.6 Å². The van der Waals surface area contributed by atoms with Crippen LogP contribution in [0.1, 0.15) is 40.5 Å². The van der Waals surface area contributed by atoms with Crippen LogP contribution in [0, 0.1) is 11.8 Å². The molecule has 3 fully saturated rings. The zero-order chi connectivity index (χ0) is 18.0. The summed E-state index contributed by atoms with van der Waals surface area (Å²) in [5.74, 6) is -3.78. The number of aliphatic hydroxyl groups is 1. The van der Waals surface area contributed by atoms with Crippen LogP contribution in [-0.4, -0.2) is 62.1 Å². The van der Waals surface area contributed by atoms with Crippen LogP contribution >= 0.6 is 11.6 Å². The molecule has 7 nitrogen and oxygen atoms in total. The molecule has 3 aliphatic heterocycles. The lowest BCUT2D eigenvalue weighted by molar-refractivity contribution is -0.315. The number of hydrogen-bond acceptors (Lipinski definition) is 5. The minimum Gasteiger partial charge on any atom is -0.347 e. The number of rotatable bonds is 3. The molecular formula is C16H23ClN2O5. The molecule has 0 radical (unpaired) electrons. The van der Waals surface area contributed by atoms with Crippen molar-refractivity contribution < 1.29 is 24.2 Å². The van der Waals surface area contributed by atoms with Gasteiger partial charge in [0.05, 0.1) is 0 Å². The van der Waals surface area contributed by atoms with Gasteiger partial charge in [0.2, 0.25) is 11.5 Å². The van der Waals surface area contributed by atoms with Gasteiger partial charge in [-0.15, -0.1) is 0 Å². The molecule has 0 aromatic rings. The largest absolute Gasteiger partial charge is 0.347 e. The Kier molecular flexibility index (Phi) is 3.97. The third kappa shape index (κ3) is 1.95. The van der Waals surface area contributed by atoms with Crippen LogP contribution in [0.3, 0.4) is 0 Å². The summed E-state index contributed by atoms with van der Waals surface area (Å²) in [5, 5.41) is 10.3. The van der Waals surface area contributed by atoms with Crippen molar-refractivity contribution >= 4 is 28.7 Å². The Morgan fingerprint density at radius 2 is 1.96 bits per heavy atom. The Hall–Kier alpha value is -1.18. The van der Waals surface area contributed by atoms with Gasteiger partial charge in [0.15, 0.2) is 0 Å². The van der Waals surface area contributed by atoms with Crippen molar-refractivity contribution in [2.24, 2.45) is 11.8 Å². The highest BCUT2D eigenvalue weighted by Gasteiger charge is 2.73. The topological polar surface area (TPSA) is 87.1 Å². The average Bonchev–Trinajstić information content (AvgIpc) is 3.04. The number of piperazine rings is 1. The molecule has 0 aliphatic carbocycles. The molecular weight excluding hydrogens is 336 g/mol. The van der Waals surface area contributed by atoms with Gasteiger partial charge in [0, 0.05) is 12.5 Å². The van der Waals surface area contributed by atoms with Gasteiger partial charge >= 0.3 is 0 Å². The first-order valence-corrected chi connectivity index (χ1v) is 8.73. The molecule has 24 heavy (non-hydrogen) atoms. The van der Waals surface area contributed by atoms with Crippen molar-refractivity contribution in [1.29, 1.82) is 0 Å². The summed E-state index contributed by atoms with van der Waals surface area (Å²) in [5.41, 5.74) is -1.97. The van der Waals surface area contributed by atoms with Gasteiger partial charge in [-0.3, -0.25) is 19.3 Å². The van der Waals surface area contributed by atoms with E-state index in [1.807, 2.05) is 0 Å². The number of amides is 2. The Morgan fingerprint density at radius 3 is 2.46 bits per heavy atom. The number of hydrogen-bond donors (Lipinski definition) is 1. The SMILES string of the molecule is CC(C)[C@H]1C(=O)N2CCCC2[C@]2(O)O[C@@](C(=O)Cl)(C(C)C)C(=O)N12. The summed E-state index contributed by atoms with van der Waals surface area (Å²) in [6, 6.07) is -1.56. The summed E-state index contributed by atoms with van der Waals surface area (Å²) in [6.45, 7) is 7.37. The van der Waals surface area contributed by atoms with Crippen LogP contribution in [0.15, 0.2) is 0 Å². The molecule has 2 amide bonds. The fraction of sp³-hybridized carbons (Fsp3) is 0.812. The second-order valence-corrected chi connectivity index (χ2v) is 7.82. The highest BCUT2D eigenvalue weighted by atomic mass is 35.5. The van der Waals surface area contributed by atoms with Gasteiger partial charge in [0.25, 0.3) is 17.1 Å². The van der Waals surface area contributed by atoms with E-state index in [4.69, 9.17) is 16.3 Å². The zero-order valence-corrected chi connectivity index (χ0v) is 15.0. The molecule has 3 rings (SSSR count). The molecule has 3 aliphatic rings. The molecule has 4 atom stereocenters. The third-order valence-electron chi connectivity index (χ3n) is 5.43. The first-order chi connectivity index (χ1) is 11.1. The lowest BCUT2D eigenvalue weighted by atomic mass is 9.89. The fourth-order valence-electron chi connectivity index (χ4n) is 4.21. The third-order valence-corrected chi connectivity index (χ3v) is 5.71. The molecule has 3 heterocycles. The summed E-state index contributed by atoms with van der Waals surface area (Å²) in [4.78, 5) is 40.8. The molecule has 0 aromatic carbocycles. The van der Waals surface area contributed by atoms with Crippen molar-refractivity contribution in [3.8, 4) is 0 Å². The number of ether oxygens (including phenoxy) is 1. The van der Waals surface area contributed by atoms with E-state index < -0.39 is 40.7 Å².